The van der Waals surface area contributed by atoms with Crippen LogP contribution < -0.4 is 0 Å². The number of benzene rings is 2. The third-order valence-corrected chi connectivity index (χ3v) is 8.64. The fourth-order valence-corrected chi connectivity index (χ4v) is 6.54. The highest BCUT2D eigenvalue weighted by molar-refractivity contribution is 7.22. The Morgan fingerprint density at radius 3 is 2.51 bits per heavy atom. The summed E-state index contributed by atoms with van der Waals surface area (Å²) in [4.78, 5) is 30.4. The van der Waals surface area contributed by atoms with Gasteiger partial charge in [0.1, 0.15) is 16.5 Å². The van der Waals surface area contributed by atoms with Crippen molar-refractivity contribution in [3.05, 3.63) is 64.6 Å². The van der Waals surface area contributed by atoms with Crippen LogP contribution in [0.1, 0.15) is 69.5 Å². The summed E-state index contributed by atoms with van der Waals surface area (Å²) in [6.45, 7) is 12.0. The van der Waals surface area contributed by atoms with E-state index in [4.69, 9.17) is 31.0 Å². The SMILES string of the molecule is CCOC(=O)[C@@H](OC(C)(C)C)c1c(C)cc2nc(-c3ccnc(C4CCN(C)CC4)n3)sc2c1-c1ccc(Cl)cc1. The van der Waals surface area contributed by atoms with Crippen molar-refractivity contribution >= 4 is 39.1 Å². The monoisotopic (exact) mass is 592 g/mol. The van der Waals surface area contributed by atoms with E-state index in [1.54, 1.807) is 18.3 Å². The van der Waals surface area contributed by atoms with Crippen LogP contribution in [0, 0.1) is 6.92 Å². The van der Waals surface area contributed by atoms with Gasteiger partial charge < -0.3 is 14.4 Å². The molecule has 1 saturated heterocycles. The normalized spacial score (nSPS) is 15.8. The molecule has 0 spiro atoms. The minimum absolute atomic E-state index is 0.262. The number of halogens is 1. The summed E-state index contributed by atoms with van der Waals surface area (Å²) in [6, 6.07) is 11.6. The maximum Gasteiger partial charge on any atom is 0.339 e. The van der Waals surface area contributed by atoms with Gasteiger partial charge in [0, 0.05) is 28.3 Å². The fourth-order valence-electron chi connectivity index (χ4n) is 5.31. The number of hydrogen-bond donors (Lipinski definition) is 0. The highest BCUT2D eigenvalue weighted by atomic mass is 35.5. The van der Waals surface area contributed by atoms with Gasteiger partial charge in [-0.15, -0.1) is 11.3 Å². The van der Waals surface area contributed by atoms with E-state index in [0.29, 0.717) is 10.9 Å². The number of rotatable bonds is 7. The molecule has 0 saturated carbocycles. The van der Waals surface area contributed by atoms with Crippen LogP contribution in [-0.2, 0) is 14.3 Å². The van der Waals surface area contributed by atoms with Gasteiger partial charge in [-0.25, -0.2) is 19.7 Å². The Hall–Kier alpha value is -2.91. The van der Waals surface area contributed by atoms with Crippen LogP contribution in [0.2, 0.25) is 5.02 Å². The number of esters is 1. The summed E-state index contributed by atoms with van der Waals surface area (Å²) in [5.74, 6) is 0.813. The Morgan fingerprint density at radius 1 is 1.15 bits per heavy atom. The minimum Gasteiger partial charge on any atom is -0.464 e. The van der Waals surface area contributed by atoms with Gasteiger partial charge in [0.2, 0.25) is 0 Å². The number of piperidine rings is 1. The smallest absolute Gasteiger partial charge is 0.339 e. The lowest BCUT2D eigenvalue weighted by Crippen LogP contribution is -2.29. The van der Waals surface area contributed by atoms with E-state index in [9.17, 15) is 4.79 Å². The Bertz CT molecular complexity index is 1540. The van der Waals surface area contributed by atoms with Crippen molar-refractivity contribution in [2.75, 3.05) is 26.7 Å². The molecule has 0 N–H and O–H groups in total. The van der Waals surface area contributed by atoms with Crippen molar-refractivity contribution in [3.63, 3.8) is 0 Å². The van der Waals surface area contributed by atoms with E-state index in [1.807, 2.05) is 70.3 Å². The largest absolute Gasteiger partial charge is 0.464 e. The predicted molar refractivity (Wildman–Crippen MR) is 166 cm³/mol. The highest BCUT2D eigenvalue weighted by Crippen LogP contribution is 2.44. The van der Waals surface area contributed by atoms with Crippen LogP contribution in [0.15, 0.2) is 42.6 Å². The van der Waals surface area contributed by atoms with Crippen LogP contribution in [-0.4, -0.2) is 58.2 Å². The first-order valence-corrected chi connectivity index (χ1v) is 15.3. The lowest BCUT2D eigenvalue weighted by molar-refractivity contribution is -0.166. The molecule has 1 atom stereocenters. The molecule has 41 heavy (non-hydrogen) atoms. The summed E-state index contributed by atoms with van der Waals surface area (Å²) in [7, 11) is 2.15. The van der Waals surface area contributed by atoms with Crippen LogP contribution in [0.3, 0.4) is 0 Å². The molecule has 0 bridgehead atoms. The molecule has 3 heterocycles. The fraction of sp³-hybridized carbons (Fsp3) is 0.438. The number of thiazole rings is 1. The van der Waals surface area contributed by atoms with Crippen molar-refractivity contribution < 1.29 is 14.3 Å². The van der Waals surface area contributed by atoms with Crippen LogP contribution in [0.5, 0.6) is 0 Å². The van der Waals surface area contributed by atoms with Crippen molar-refractivity contribution in [1.82, 2.24) is 19.9 Å². The van der Waals surface area contributed by atoms with E-state index >= 15 is 0 Å². The van der Waals surface area contributed by atoms with Gasteiger partial charge in [-0.3, -0.25) is 0 Å². The molecule has 0 amide bonds. The first kappa shape index (κ1) is 29.6. The molecule has 4 aromatic rings. The maximum absolute atomic E-state index is 13.4. The zero-order valence-corrected chi connectivity index (χ0v) is 26.1. The average molecular weight is 593 g/mol. The van der Waals surface area contributed by atoms with Gasteiger partial charge >= 0.3 is 5.97 Å². The second-order valence-electron chi connectivity index (χ2n) is 11.6. The summed E-state index contributed by atoms with van der Waals surface area (Å²) >= 11 is 7.84. The van der Waals surface area contributed by atoms with Gasteiger partial charge in [-0.05, 0) is 103 Å². The topological polar surface area (TPSA) is 77.4 Å². The van der Waals surface area contributed by atoms with Crippen molar-refractivity contribution in [2.45, 2.75) is 65.1 Å². The first-order chi connectivity index (χ1) is 19.5. The molecule has 216 valence electrons. The number of fused-ring (bicyclic) bond motifs is 1. The quantitative estimate of drug-likeness (QED) is 0.204. The molecule has 1 aliphatic rings. The molecule has 0 radical (unpaired) electrons. The summed E-state index contributed by atoms with van der Waals surface area (Å²) in [6.07, 6.45) is 3.02. The molecule has 1 aliphatic heterocycles. The molecule has 1 fully saturated rings. The number of hydrogen-bond acceptors (Lipinski definition) is 8. The van der Waals surface area contributed by atoms with E-state index in [-0.39, 0.29) is 6.61 Å². The van der Waals surface area contributed by atoms with Gasteiger partial charge in [-0.1, -0.05) is 23.7 Å². The number of carbonyl (C=O) groups is 1. The molecule has 2 aromatic carbocycles. The Balaban J connectivity index is 1.68. The summed E-state index contributed by atoms with van der Waals surface area (Å²) in [5.41, 5.74) is 4.56. The first-order valence-electron chi connectivity index (χ1n) is 14.1. The van der Waals surface area contributed by atoms with Gasteiger partial charge in [0.25, 0.3) is 0 Å². The van der Waals surface area contributed by atoms with E-state index < -0.39 is 17.7 Å². The molecular weight excluding hydrogens is 556 g/mol. The minimum atomic E-state index is -0.911. The predicted octanol–water partition coefficient (Wildman–Crippen LogP) is 7.61. The second kappa shape index (κ2) is 12.1. The molecule has 5 rings (SSSR count). The zero-order valence-electron chi connectivity index (χ0n) is 24.5. The molecule has 2 aromatic heterocycles. The van der Waals surface area contributed by atoms with E-state index in [0.717, 1.165) is 74.9 Å². The van der Waals surface area contributed by atoms with Crippen molar-refractivity contribution in [3.8, 4) is 21.8 Å². The van der Waals surface area contributed by atoms with Crippen molar-refractivity contribution in [2.24, 2.45) is 0 Å². The van der Waals surface area contributed by atoms with Crippen LogP contribution in [0.25, 0.3) is 32.0 Å². The van der Waals surface area contributed by atoms with Gasteiger partial charge in [0.15, 0.2) is 6.10 Å². The number of aryl methyl sites for hydroxylation is 1. The number of nitrogens with zero attached hydrogens (tertiary/aromatic N) is 4. The number of likely N-dealkylation sites (tertiary alicyclic amines) is 1. The molecular formula is C32H37ClN4O3S. The van der Waals surface area contributed by atoms with Crippen molar-refractivity contribution in [1.29, 1.82) is 0 Å². The Labute approximate surface area is 250 Å². The van der Waals surface area contributed by atoms with Gasteiger partial charge in [0.05, 0.1) is 22.4 Å². The van der Waals surface area contributed by atoms with Gasteiger partial charge in [-0.2, -0.15) is 0 Å². The van der Waals surface area contributed by atoms with E-state index in [1.165, 1.54) is 0 Å². The molecule has 9 heteroatoms. The highest BCUT2D eigenvalue weighted by Gasteiger charge is 2.33. The Kier molecular flexibility index (Phi) is 8.76. The standard InChI is InChI=1S/C32H37ClN4O3S/c1-7-39-31(38)27(40-32(3,4)5)25-19(2)18-24-28(26(25)20-8-10-22(33)11-9-20)41-30(36-24)23-12-15-34-29(35-23)21-13-16-37(6)17-14-21/h8-12,15,18,21,27H,7,13-14,16-17H2,1-6H3/t27-/m0/s1. The van der Waals surface area contributed by atoms with E-state index in [2.05, 4.69) is 16.9 Å². The zero-order chi connectivity index (χ0) is 29.3. The van der Waals surface area contributed by atoms with Crippen LogP contribution in [0.4, 0.5) is 0 Å². The maximum atomic E-state index is 13.4. The molecule has 7 nitrogen and oxygen atoms in total. The number of aromatic nitrogens is 3. The lowest BCUT2D eigenvalue weighted by atomic mass is 9.91. The number of carbonyl (C=O) groups excluding carboxylic acids is 1. The lowest BCUT2D eigenvalue weighted by Gasteiger charge is -2.29. The second-order valence-corrected chi connectivity index (χ2v) is 13.0. The third kappa shape index (κ3) is 6.61. The third-order valence-electron chi connectivity index (χ3n) is 7.27. The Morgan fingerprint density at radius 2 is 1.85 bits per heavy atom. The molecule has 0 aliphatic carbocycles. The number of ether oxygens (including phenoxy) is 2. The molecule has 0 unspecified atom stereocenters. The average Bonchev–Trinajstić information content (AvgIpc) is 3.35. The summed E-state index contributed by atoms with van der Waals surface area (Å²) in [5, 5.41) is 1.45. The summed E-state index contributed by atoms with van der Waals surface area (Å²) < 4.78 is 12.9. The van der Waals surface area contributed by atoms with Crippen LogP contribution >= 0.6 is 22.9 Å².